The van der Waals surface area contributed by atoms with Crippen LogP contribution in [0.2, 0.25) is 5.02 Å². The molecule has 0 atom stereocenters. The Bertz CT molecular complexity index is 1180. The zero-order valence-corrected chi connectivity index (χ0v) is 15.6. The van der Waals surface area contributed by atoms with Gasteiger partial charge in [0, 0.05) is 10.7 Å². The molecule has 2 aromatic heterocycles. The number of benzene rings is 3. The van der Waals surface area contributed by atoms with Crippen molar-refractivity contribution in [3.8, 4) is 0 Å². The number of hydrogen-bond acceptors (Lipinski definition) is 5. The Balaban J connectivity index is 1.55. The molecule has 0 unspecified atom stereocenters. The molecule has 0 aliphatic rings. The Labute approximate surface area is 165 Å². The monoisotopic (exact) mass is 389 g/mol. The van der Waals surface area contributed by atoms with E-state index in [2.05, 4.69) is 25.5 Å². The first-order valence-corrected chi connectivity index (χ1v) is 9.23. The maximum atomic E-state index is 6.25. The van der Waals surface area contributed by atoms with Gasteiger partial charge in [-0.2, -0.15) is 0 Å². The van der Waals surface area contributed by atoms with E-state index in [4.69, 9.17) is 11.6 Å². The fourth-order valence-electron chi connectivity index (χ4n) is 3.25. The maximum Gasteiger partial charge on any atom is 0.116 e. The third-order valence-corrected chi connectivity index (χ3v) is 4.86. The number of anilines is 1. The number of aromatic nitrogens is 6. The summed E-state index contributed by atoms with van der Waals surface area (Å²) in [5.74, 6) is 0. The summed E-state index contributed by atoms with van der Waals surface area (Å²) < 4.78 is 3.74. The molecule has 0 saturated carbocycles. The van der Waals surface area contributed by atoms with Crippen molar-refractivity contribution in [1.82, 2.24) is 30.0 Å². The SMILES string of the molecule is Clc1cccc(N(Cn2nnc3ccccc32)Cn2nnc3ccccc32)c1. The van der Waals surface area contributed by atoms with Crippen LogP contribution in [0.5, 0.6) is 0 Å². The van der Waals surface area contributed by atoms with Crippen LogP contribution in [0.25, 0.3) is 22.1 Å². The van der Waals surface area contributed by atoms with Gasteiger partial charge in [-0.05, 0) is 42.5 Å². The number of fused-ring (bicyclic) bond motifs is 2. The highest BCUT2D eigenvalue weighted by molar-refractivity contribution is 6.30. The minimum absolute atomic E-state index is 0.495. The normalized spacial score (nSPS) is 11.3. The second kappa shape index (κ2) is 6.94. The van der Waals surface area contributed by atoms with Crippen LogP contribution in [0.3, 0.4) is 0 Å². The van der Waals surface area contributed by atoms with Crippen molar-refractivity contribution < 1.29 is 0 Å². The number of halogens is 1. The lowest BCUT2D eigenvalue weighted by molar-refractivity contribution is 0.498. The molecule has 0 spiro atoms. The lowest BCUT2D eigenvalue weighted by Crippen LogP contribution is -2.29. The maximum absolute atomic E-state index is 6.25. The first-order valence-electron chi connectivity index (χ1n) is 8.85. The Morgan fingerprint density at radius 1 is 0.714 bits per heavy atom. The Kier molecular flexibility index (Phi) is 4.14. The van der Waals surface area contributed by atoms with Crippen molar-refractivity contribution in [1.29, 1.82) is 0 Å². The molecule has 0 fully saturated rings. The van der Waals surface area contributed by atoms with Crippen molar-refractivity contribution >= 4 is 39.4 Å². The highest BCUT2D eigenvalue weighted by Crippen LogP contribution is 2.22. The fourth-order valence-corrected chi connectivity index (χ4v) is 3.43. The average Bonchev–Trinajstić information content (AvgIpc) is 3.32. The molecular formula is C20H16ClN7. The summed E-state index contributed by atoms with van der Waals surface area (Å²) in [5, 5.41) is 17.8. The topological polar surface area (TPSA) is 64.7 Å². The fraction of sp³-hybridized carbons (Fsp3) is 0.100. The van der Waals surface area contributed by atoms with E-state index in [1.807, 2.05) is 82.2 Å². The molecule has 0 N–H and O–H groups in total. The summed E-state index contributed by atoms with van der Waals surface area (Å²) in [7, 11) is 0. The van der Waals surface area contributed by atoms with Gasteiger partial charge in [-0.3, -0.25) is 0 Å². The number of para-hydroxylation sites is 2. The van der Waals surface area contributed by atoms with Gasteiger partial charge in [-0.1, -0.05) is 52.4 Å². The Morgan fingerprint density at radius 2 is 1.29 bits per heavy atom. The van der Waals surface area contributed by atoms with Crippen molar-refractivity contribution in [2.24, 2.45) is 0 Å². The summed E-state index contributed by atoms with van der Waals surface area (Å²) in [6.07, 6.45) is 0. The molecule has 3 aromatic carbocycles. The van der Waals surface area contributed by atoms with Crippen molar-refractivity contribution in [2.75, 3.05) is 4.90 Å². The minimum Gasteiger partial charge on any atom is -0.332 e. The van der Waals surface area contributed by atoms with Crippen LogP contribution >= 0.6 is 11.6 Å². The molecule has 138 valence electrons. The molecule has 2 heterocycles. The van der Waals surface area contributed by atoms with Gasteiger partial charge >= 0.3 is 0 Å². The van der Waals surface area contributed by atoms with Crippen molar-refractivity contribution in [3.63, 3.8) is 0 Å². The van der Waals surface area contributed by atoms with E-state index >= 15 is 0 Å². The summed E-state index contributed by atoms with van der Waals surface area (Å²) in [5.41, 5.74) is 4.63. The Hall–Kier alpha value is -3.45. The summed E-state index contributed by atoms with van der Waals surface area (Å²) in [6, 6.07) is 23.5. The van der Waals surface area contributed by atoms with Crippen LogP contribution in [0.1, 0.15) is 0 Å². The zero-order chi connectivity index (χ0) is 18.9. The molecule has 0 saturated heterocycles. The van der Waals surface area contributed by atoms with Gasteiger partial charge in [0.1, 0.15) is 24.4 Å². The van der Waals surface area contributed by atoms with Crippen molar-refractivity contribution in [3.05, 3.63) is 77.8 Å². The summed E-state index contributed by atoms with van der Waals surface area (Å²) in [6.45, 7) is 0.990. The third-order valence-electron chi connectivity index (χ3n) is 4.62. The van der Waals surface area contributed by atoms with Crippen LogP contribution < -0.4 is 4.90 Å². The van der Waals surface area contributed by atoms with E-state index in [1.165, 1.54) is 0 Å². The molecule has 0 radical (unpaired) electrons. The first kappa shape index (κ1) is 16.7. The molecule has 0 aliphatic carbocycles. The largest absolute Gasteiger partial charge is 0.332 e. The van der Waals surface area contributed by atoms with E-state index < -0.39 is 0 Å². The molecule has 5 rings (SSSR count). The van der Waals surface area contributed by atoms with Gasteiger partial charge in [0.25, 0.3) is 0 Å². The summed E-state index contributed by atoms with van der Waals surface area (Å²) in [4.78, 5) is 2.13. The van der Waals surface area contributed by atoms with Gasteiger partial charge in [0.2, 0.25) is 0 Å². The molecule has 7 nitrogen and oxygen atoms in total. The van der Waals surface area contributed by atoms with Gasteiger partial charge in [-0.25, -0.2) is 9.36 Å². The highest BCUT2D eigenvalue weighted by atomic mass is 35.5. The number of rotatable bonds is 5. The second-order valence-electron chi connectivity index (χ2n) is 6.46. The van der Waals surface area contributed by atoms with Gasteiger partial charge in [0.15, 0.2) is 0 Å². The third kappa shape index (κ3) is 3.05. The van der Waals surface area contributed by atoms with Crippen LogP contribution in [0, 0.1) is 0 Å². The molecule has 5 aromatic rings. The quantitative estimate of drug-likeness (QED) is 0.455. The lowest BCUT2D eigenvalue weighted by atomic mass is 10.3. The van der Waals surface area contributed by atoms with Crippen molar-refractivity contribution in [2.45, 2.75) is 13.3 Å². The van der Waals surface area contributed by atoms with Crippen LogP contribution in [0.4, 0.5) is 5.69 Å². The smallest absolute Gasteiger partial charge is 0.116 e. The van der Waals surface area contributed by atoms with Gasteiger partial charge in [0.05, 0.1) is 11.0 Å². The van der Waals surface area contributed by atoms with E-state index in [9.17, 15) is 0 Å². The first-order chi connectivity index (χ1) is 13.8. The number of hydrogen-bond donors (Lipinski definition) is 0. The average molecular weight is 390 g/mol. The van der Waals surface area contributed by atoms with E-state index in [0.29, 0.717) is 18.4 Å². The van der Waals surface area contributed by atoms with E-state index in [1.54, 1.807) is 0 Å². The predicted octanol–water partition coefficient (Wildman–Crippen LogP) is 3.95. The lowest BCUT2D eigenvalue weighted by Gasteiger charge is -2.25. The molecule has 28 heavy (non-hydrogen) atoms. The highest BCUT2D eigenvalue weighted by Gasteiger charge is 2.14. The molecular weight excluding hydrogens is 374 g/mol. The van der Waals surface area contributed by atoms with E-state index in [-0.39, 0.29) is 0 Å². The zero-order valence-electron chi connectivity index (χ0n) is 14.9. The summed E-state index contributed by atoms with van der Waals surface area (Å²) >= 11 is 6.25. The van der Waals surface area contributed by atoms with Gasteiger partial charge < -0.3 is 4.90 Å². The standard InChI is InChI=1S/C20H16ClN7/c21-15-6-5-7-16(12-15)26(13-27-19-10-3-1-8-17(19)22-24-27)14-28-20-11-4-2-9-18(20)23-25-28/h1-12H,13-14H2. The van der Waals surface area contributed by atoms with Crippen LogP contribution in [-0.4, -0.2) is 30.0 Å². The Morgan fingerprint density at radius 3 is 1.86 bits per heavy atom. The van der Waals surface area contributed by atoms with Crippen LogP contribution in [-0.2, 0) is 13.3 Å². The number of nitrogens with zero attached hydrogens (tertiary/aromatic N) is 7. The predicted molar refractivity (Wildman–Crippen MR) is 109 cm³/mol. The molecule has 0 aliphatic heterocycles. The van der Waals surface area contributed by atoms with Crippen LogP contribution in [0.15, 0.2) is 72.8 Å². The van der Waals surface area contributed by atoms with Gasteiger partial charge in [-0.15, -0.1) is 10.2 Å². The second-order valence-corrected chi connectivity index (χ2v) is 6.89. The minimum atomic E-state index is 0.495. The molecule has 0 bridgehead atoms. The molecule has 8 heteroatoms. The molecule has 0 amide bonds. The van der Waals surface area contributed by atoms with E-state index in [0.717, 1.165) is 27.8 Å².